The first-order valence-corrected chi connectivity index (χ1v) is 9.28. The van der Waals surface area contributed by atoms with Crippen molar-refractivity contribution >= 4 is 28.3 Å². The molecular formula is C21H18F4N2O3. The molecule has 5 nitrogen and oxygen atoms in total. The number of amides is 1. The second-order valence-corrected chi connectivity index (χ2v) is 6.98. The van der Waals surface area contributed by atoms with Crippen LogP contribution < -0.4 is 10.2 Å². The molecule has 0 unspecified atom stereocenters. The number of morpholine rings is 1. The molecule has 1 aliphatic rings. The van der Waals surface area contributed by atoms with E-state index in [9.17, 15) is 22.4 Å². The Morgan fingerprint density at radius 2 is 1.83 bits per heavy atom. The molecule has 1 aromatic heterocycles. The van der Waals surface area contributed by atoms with Crippen LogP contribution >= 0.6 is 0 Å². The van der Waals surface area contributed by atoms with Gasteiger partial charge < -0.3 is 19.4 Å². The van der Waals surface area contributed by atoms with Gasteiger partial charge in [-0.2, -0.15) is 13.2 Å². The first kappa shape index (κ1) is 20.2. The summed E-state index contributed by atoms with van der Waals surface area (Å²) in [5.74, 6) is -1.51. The predicted molar refractivity (Wildman–Crippen MR) is 103 cm³/mol. The van der Waals surface area contributed by atoms with Gasteiger partial charge in [0.15, 0.2) is 5.76 Å². The largest absolute Gasteiger partial charge is 0.451 e. The number of benzene rings is 2. The number of nitrogens with one attached hydrogen (secondary N) is 1. The monoisotopic (exact) mass is 422 g/mol. The molecule has 1 aliphatic heterocycles. The Balaban J connectivity index is 1.66. The third kappa shape index (κ3) is 3.85. The molecule has 1 amide bonds. The standard InChI is InChI=1S/C21H18F4N2O3/c1-12-15-10-13(22)2-5-18(15)30-19(12)20(28)26-17-4-3-14(11-16(17)21(23,24)25)27-6-8-29-9-7-27/h2-5,10-11H,6-9H2,1H3,(H,26,28). The van der Waals surface area contributed by atoms with E-state index in [-0.39, 0.29) is 17.0 Å². The maximum absolute atomic E-state index is 13.7. The van der Waals surface area contributed by atoms with Crippen LogP contribution in [0.1, 0.15) is 21.7 Å². The summed E-state index contributed by atoms with van der Waals surface area (Å²) in [6, 6.07) is 7.52. The minimum Gasteiger partial charge on any atom is -0.451 e. The number of fused-ring (bicyclic) bond motifs is 1. The van der Waals surface area contributed by atoms with E-state index in [0.29, 0.717) is 42.9 Å². The summed E-state index contributed by atoms with van der Waals surface area (Å²) >= 11 is 0. The number of furan rings is 1. The van der Waals surface area contributed by atoms with Crippen molar-refractivity contribution in [2.75, 3.05) is 36.5 Å². The van der Waals surface area contributed by atoms with Gasteiger partial charge in [-0.1, -0.05) is 0 Å². The maximum Gasteiger partial charge on any atom is 0.418 e. The second-order valence-electron chi connectivity index (χ2n) is 6.98. The van der Waals surface area contributed by atoms with E-state index >= 15 is 0 Å². The van der Waals surface area contributed by atoms with Gasteiger partial charge in [0.25, 0.3) is 5.91 Å². The average molecular weight is 422 g/mol. The lowest BCUT2D eigenvalue weighted by molar-refractivity contribution is -0.136. The quantitative estimate of drug-likeness (QED) is 0.605. The van der Waals surface area contributed by atoms with Crippen molar-refractivity contribution in [1.29, 1.82) is 0 Å². The molecule has 9 heteroatoms. The summed E-state index contributed by atoms with van der Waals surface area (Å²) in [5.41, 5.74) is -0.313. The maximum atomic E-state index is 13.7. The lowest BCUT2D eigenvalue weighted by Crippen LogP contribution is -2.36. The third-order valence-electron chi connectivity index (χ3n) is 5.04. The first-order chi connectivity index (χ1) is 14.2. The van der Waals surface area contributed by atoms with Gasteiger partial charge in [-0.3, -0.25) is 4.79 Å². The van der Waals surface area contributed by atoms with Gasteiger partial charge in [0, 0.05) is 29.7 Å². The molecule has 0 radical (unpaired) electrons. The number of anilines is 2. The number of hydrogen-bond acceptors (Lipinski definition) is 4. The molecule has 158 valence electrons. The average Bonchev–Trinajstić information content (AvgIpc) is 3.04. The Morgan fingerprint density at radius 3 is 2.53 bits per heavy atom. The molecule has 1 fully saturated rings. The SMILES string of the molecule is Cc1c(C(=O)Nc2ccc(N3CCOCC3)cc2C(F)(F)F)oc2ccc(F)cc12. The number of halogens is 4. The van der Waals surface area contributed by atoms with Crippen molar-refractivity contribution in [3.8, 4) is 0 Å². The van der Waals surface area contributed by atoms with Crippen molar-refractivity contribution in [1.82, 2.24) is 0 Å². The summed E-state index contributed by atoms with van der Waals surface area (Å²) in [7, 11) is 0. The van der Waals surface area contributed by atoms with Crippen LogP contribution in [0.15, 0.2) is 40.8 Å². The molecule has 0 atom stereocenters. The van der Waals surface area contributed by atoms with Gasteiger partial charge >= 0.3 is 6.18 Å². The van der Waals surface area contributed by atoms with Crippen LogP contribution in [-0.4, -0.2) is 32.2 Å². The van der Waals surface area contributed by atoms with Crippen molar-refractivity contribution in [2.24, 2.45) is 0 Å². The van der Waals surface area contributed by atoms with Crippen molar-refractivity contribution in [2.45, 2.75) is 13.1 Å². The lowest BCUT2D eigenvalue weighted by atomic mass is 10.1. The van der Waals surface area contributed by atoms with E-state index in [2.05, 4.69) is 5.32 Å². The number of rotatable bonds is 3. The number of carbonyl (C=O) groups excluding carboxylic acids is 1. The van der Waals surface area contributed by atoms with Gasteiger partial charge in [-0.05, 0) is 43.3 Å². The number of alkyl halides is 3. The van der Waals surface area contributed by atoms with Crippen LogP contribution in [0.3, 0.4) is 0 Å². The number of ether oxygens (including phenoxy) is 1. The van der Waals surface area contributed by atoms with Crippen LogP contribution in [-0.2, 0) is 10.9 Å². The fourth-order valence-electron chi connectivity index (χ4n) is 3.48. The fourth-order valence-corrected chi connectivity index (χ4v) is 3.48. The number of aryl methyl sites for hydroxylation is 1. The molecule has 0 spiro atoms. The van der Waals surface area contributed by atoms with Crippen LogP contribution in [0.25, 0.3) is 11.0 Å². The molecule has 4 rings (SSSR count). The highest BCUT2D eigenvalue weighted by Crippen LogP contribution is 2.38. The van der Waals surface area contributed by atoms with Crippen molar-refractivity contribution in [3.05, 3.63) is 59.1 Å². The van der Waals surface area contributed by atoms with E-state index in [4.69, 9.17) is 9.15 Å². The Hall–Kier alpha value is -3.07. The topological polar surface area (TPSA) is 54.7 Å². The van der Waals surface area contributed by atoms with Crippen LogP contribution in [0.4, 0.5) is 28.9 Å². The summed E-state index contributed by atoms with van der Waals surface area (Å²) in [5, 5.41) is 2.68. The van der Waals surface area contributed by atoms with E-state index in [1.807, 2.05) is 0 Å². The zero-order chi connectivity index (χ0) is 21.5. The zero-order valence-electron chi connectivity index (χ0n) is 16.0. The van der Waals surface area contributed by atoms with Gasteiger partial charge in [0.1, 0.15) is 11.4 Å². The highest BCUT2D eigenvalue weighted by atomic mass is 19.4. The summed E-state index contributed by atoms with van der Waals surface area (Å²) in [6.45, 7) is 3.39. The normalized spacial score (nSPS) is 14.9. The fraction of sp³-hybridized carbons (Fsp3) is 0.286. The van der Waals surface area contributed by atoms with Crippen LogP contribution in [0.2, 0.25) is 0 Å². The molecule has 1 saturated heterocycles. The van der Waals surface area contributed by atoms with Gasteiger partial charge in [-0.25, -0.2) is 4.39 Å². The lowest BCUT2D eigenvalue weighted by Gasteiger charge is -2.29. The second kappa shape index (κ2) is 7.64. The van der Waals surface area contributed by atoms with E-state index in [1.165, 1.54) is 30.3 Å². The first-order valence-electron chi connectivity index (χ1n) is 9.28. The Morgan fingerprint density at radius 1 is 1.10 bits per heavy atom. The number of carbonyl (C=O) groups is 1. The number of nitrogens with zero attached hydrogens (tertiary/aromatic N) is 1. The molecule has 2 heterocycles. The molecule has 0 aliphatic carbocycles. The molecule has 3 aromatic rings. The number of hydrogen-bond donors (Lipinski definition) is 1. The minimum atomic E-state index is -4.67. The van der Waals surface area contributed by atoms with Gasteiger partial charge in [0.2, 0.25) is 0 Å². The summed E-state index contributed by atoms with van der Waals surface area (Å²) < 4.78 is 65.2. The molecule has 0 saturated carbocycles. The minimum absolute atomic E-state index is 0.166. The highest BCUT2D eigenvalue weighted by molar-refractivity contribution is 6.06. The Kier molecular flexibility index (Phi) is 5.15. The Bertz CT molecular complexity index is 1100. The third-order valence-corrected chi connectivity index (χ3v) is 5.04. The summed E-state index contributed by atoms with van der Waals surface area (Å²) in [6.07, 6.45) is -4.67. The van der Waals surface area contributed by atoms with Crippen molar-refractivity contribution in [3.63, 3.8) is 0 Å². The molecule has 1 N–H and O–H groups in total. The van der Waals surface area contributed by atoms with E-state index < -0.39 is 23.5 Å². The van der Waals surface area contributed by atoms with Gasteiger partial charge in [-0.15, -0.1) is 0 Å². The molecular weight excluding hydrogens is 404 g/mol. The Labute approximate surface area is 169 Å². The van der Waals surface area contributed by atoms with Gasteiger partial charge in [0.05, 0.1) is 24.5 Å². The highest BCUT2D eigenvalue weighted by Gasteiger charge is 2.35. The zero-order valence-corrected chi connectivity index (χ0v) is 16.0. The van der Waals surface area contributed by atoms with Crippen molar-refractivity contribution < 1.29 is 31.5 Å². The van der Waals surface area contributed by atoms with Crippen LogP contribution in [0.5, 0.6) is 0 Å². The summed E-state index contributed by atoms with van der Waals surface area (Å²) in [4.78, 5) is 14.5. The molecule has 2 aromatic carbocycles. The predicted octanol–water partition coefficient (Wildman–Crippen LogP) is 4.99. The van der Waals surface area contributed by atoms with Crippen LogP contribution in [0, 0.1) is 12.7 Å². The van der Waals surface area contributed by atoms with E-state index in [1.54, 1.807) is 11.8 Å². The van der Waals surface area contributed by atoms with E-state index in [0.717, 1.165) is 6.07 Å². The smallest absolute Gasteiger partial charge is 0.418 e. The molecule has 0 bridgehead atoms. The molecule has 30 heavy (non-hydrogen) atoms.